The van der Waals surface area contributed by atoms with E-state index < -0.39 is 0 Å². The minimum absolute atomic E-state index is 0.563. The molecule has 0 aromatic rings. The quantitative estimate of drug-likeness (QED) is 0.495. The molecule has 1 unspecified atom stereocenters. The summed E-state index contributed by atoms with van der Waals surface area (Å²) in [6.45, 7) is 12.2. The van der Waals surface area contributed by atoms with Crippen molar-refractivity contribution < 1.29 is 0 Å². The molecule has 3 saturated carbocycles. The molecule has 0 N–H and O–H groups in total. The molecule has 0 nitrogen and oxygen atoms in total. The van der Waals surface area contributed by atoms with Crippen molar-refractivity contribution in [3.63, 3.8) is 0 Å². The highest BCUT2D eigenvalue weighted by Gasteiger charge is 2.59. The lowest BCUT2D eigenvalue weighted by atomic mass is 9.48. The summed E-state index contributed by atoms with van der Waals surface area (Å²) >= 11 is 0. The van der Waals surface area contributed by atoms with E-state index in [1.807, 2.05) is 0 Å². The van der Waals surface area contributed by atoms with Gasteiger partial charge < -0.3 is 0 Å². The predicted molar refractivity (Wildman–Crippen MR) is 73.9 cm³/mol. The van der Waals surface area contributed by atoms with Gasteiger partial charge in [0.15, 0.2) is 0 Å². The van der Waals surface area contributed by atoms with Crippen LogP contribution in [0.5, 0.6) is 0 Å². The van der Waals surface area contributed by atoms with Gasteiger partial charge in [-0.05, 0) is 67.1 Å². The van der Waals surface area contributed by atoms with Crippen LogP contribution < -0.4 is 0 Å². The summed E-state index contributed by atoms with van der Waals surface area (Å²) in [4.78, 5) is 0. The third-order valence-electron chi connectivity index (χ3n) is 6.86. The lowest BCUT2D eigenvalue weighted by Crippen LogP contribution is -2.48. The van der Waals surface area contributed by atoms with Gasteiger partial charge >= 0.3 is 0 Å². The second-order valence-corrected chi connectivity index (χ2v) is 8.09. The summed E-state index contributed by atoms with van der Waals surface area (Å²) < 4.78 is 0. The molecule has 0 amide bonds. The summed E-state index contributed by atoms with van der Waals surface area (Å²) in [6.07, 6.45) is 11.4. The van der Waals surface area contributed by atoms with Gasteiger partial charge in [-0.1, -0.05) is 39.3 Å². The van der Waals surface area contributed by atoms with Crippen LogP contribution in [0, 0.1) is 22.2 Å². The smallest absolute Gasteiger partial charge is 0.0142 e. The fourth-order valence-electron chi connectivity index (χ4n) is 5.75. The maximum atomic E-state index is 4.46. The number of rotatable bonds is 0. The summed E-state index contributed by atoms with van der Waals surface area (Å²) in [6, 6.07) is 0. The van der Waals surface area contributed by atoms with E-state index in [0.29, 0.717) is 16.2 Å². The van der Waals surface area contributed by atoms with E-state index in [-0.39, 0.29) is 0 Å². The Labute approximate surface area is 107 Å². The van der Waals surface area contributed by atoms with E-state index in [2.05, 4.69) is 27.4 Å². The number of allylic oxidation sites excluding steroid dienone is 1. The lowest BCUT2D eigenvalue weighted by Gasteiger charge is -2.57. The van der Waals surface area contributed by atoms with Crippen LogP contribution >= 0.6 is 0 Å². The first kappa shape index (κ1) is 11.8. The Kier molecular flexibility index (Phi) is 2.36. The van der Waals surface area contributed by atoms with Gasteiger partial charge in [-0.2, -0.15) is 0 Å². The highest BCUT2D eigenvalue weighted by Crippen LogP contribution is 2.69. The molecule has 0 radical (unpaired) electrons. The Morgan fingerprint density at radius 3 is 2.59 bits per heavy atom. The van der Waals surface area contributed by atoms with Gasteiger partial charge in [0.05, 0.1) is 0 Å². The summed E-state index contributed by atoms with van der Waals surface area (Å²) in [5.41, 5.74) is 3.36. The largest absolute Gasteiger partial charge is 0.0996 e. The van der Waals surface area contributed by atoms with Crippen LogP contribution in [0.25, 0.3) is 0 Å². The number of fused-ring (bicyclic) bond motifs is 4. The molecule has 0 aromatic heterocycles. The molecule has 0 heterocycles. The average Bonchev–Trinajstić information content (AvgIpc) is 2.44. The zero-order chi connectivity index (χ0) is 12.3. The molecule has 3 aliphatic carbocycles. The van der Waals surface area contributed by atoms with Gasteiger partial charge in [0.2, 0.25) is 0 Å². The van der Waals surface area contributed by atoms with E-state index in [1.54, 1.807) is 5.57 Å². The van der Waals surface area contributed by atoms with Gasteiger partial charge in [0, 0.05) is 0 Å². The number of hydrogen-bond donors (Lipinski definition) is 0. The molecule has 0 aromatic carbocycles. The van der Waals surface area contributed by atoms with Crippen molar-refractivity contribution in [3.05, 3.63) is 12.2 Å². The van der Waals surface area contributed by atoms with Crippen LogP contribution in [-0.4, -0.2) is 0 Å². The van der Waals surface area contributed by atoms with Crippen molar-refractivity contribution in [1.82, 2.24) is 0 Å². The first-order valence-corrected chi connectivity index (χ1v) is 7.56. The lowest BCUT2D eigenvalue weighted by molar-refractivity contribution is -0.0566. The molecule has 0 aliphatic heterocycles. The zero-order valence-corrected chi connectivity index (χ0v) is 11.9. The van der Waals surface area contributed by atoms with Crippen molar-refractivity contribution in [2.75, 3.05) is 0 Å². The van der Waals surface area contributed by atoms with Gasteiger partial charge in [-0.3, -0.25) is 0 Å². The Hall–Kier alpha value is -0.260. The first-order chi connectivity index (χ1) is 7.89. The van der Waals surface area contributed by atoms with Crippen LogP contribution in [0.4, 0.5) is 0 Å². The predicted octanol–water partition coefficient (Wildman–Crippen LogP) is 5.34. The standard InChI is InChI=1S/C17H28/c1-13-7-5-8-15(2)11-14(13)17(4)10-6-9-16(17,3)12-15/h14H,1,5-12H2,2-4H3/t14?,15-,16-,17+/m1/s1. The van der Waals surface area contributed by atoms with Gasteiger partial charge in [-0.15, -0.1) is 0 Å². The van der Waals surface area contributed by atoms with E-state index in [0.717, 1.165) is 5.92 Å². The molecular formula is C17H28. The Morgan fingerprint density at radius 2 is 1.82 bits per heavy atom. The molecule has 96 valence electrons. The molecule has 4 atom stereocenters. The fraction of sp³-hybridized carbons (Fsp3) is 0.882. The van der Waals surface area contributed by atoms with E-state index in [9.17, 15) is 0 Å². The Morgan fingerprint density at radius 1 is 1.06 bits per heavy atom. The maximum Gasteiger partial charge on any atom is -0.0142 e. The van der Waals surface area contributed by atoms with Crippen molar-refractivity contribution >= 4 is 0 Å². The van der Waals surface area contributed by atoms with Gasteiger partial charge in [0.1, 0.15) is 0 Å². The molecule has 0 spiro atoms. The van der Waals surface area contributed by atoms with E-state index >= 15 is 0 Å². The second-order valence-electron chi connectivity index (χ2n) is 8.09. The molecule has 3 fully saturated rings. The molecule has 3 rings (SSSR count). The molecule has 3 aliphatic rings. The van der Waals surface area contributed by atoms with Crippen LogP contribution in [0.1, 0.15) is 72.1 Å². The Bertz CT molecular complexity index is 355. The average molecular weight is 232 g/mol. The zero-order valence-electron chi connectivity index (χ0n) is 11.9. The Balaban J connectivity index is 2.07. The molecular weight excluding hydrogens is 204 g/mol. The van der Waals surface area contributed by atoms with Crippen molar-refractivity contribution in [1.29, 1.82) is 0 Å². The van der Waals surface area contributed by atoms with Crippen LogP contribution in [0.15, 0.2) is 12.2 Å². The third-order valence-corrected chi connectivity index (χ3v) is 6.86. The molecule has 0 heteroatoms. The van der Waals surface area contributed by atoms with E-state index in [4.69, 9.17) is 0 Å². The highest BCUT2D eigenvalue weighted by atomic mass is 14.6. The molecule has 0 saturated heterocycles. The SMILES string of the molecule is C=C1CCC[C@]2(C)CC1[C@]1(C)CCC[C@]1(C)C2. The summed E-state index contributed by atoms with van der Waals surface area (Å²) in [5, 5.41) is 0. The van der Waals surface area contributed by atoms with Crippen LogP contribution in [0.3, 0.4) is 0 Å². The minimum atomic E-state index is 0.563. The number of hydrogen-bond acceptors (Lipinski definition) is 0. The monoisotopic (exact) mass is 232 g/mol. The molecule has 17 heavy (non-hydrogen) atoms. The van der Waals surface area contributed by atoms with Gasteiger partial charge in [0.25, 0.3) is 0 Å². The molecule has 2 bridgehead atoms. The topological polar surface area (TPSA) is 0 Å². The van der Waals surface area contributed by atoms with Gasteiger partial charge in [-0.25, -0.2) is 0 Å². The first-order valence-electron chi connectivity index (χ1n) is 7.56. The van der Waals surface area contributed by atoms with Crippen molar-refractivity contribution in [2.24, 2.45) is 22.2 Å². The maximum absolute atomic E-state index is 4.46. The van der Waals surface area contributed by atoms with Crippen LogP contribution in [0.2, 0.25) is 0 Å². The fourth-order valence-corrected chi connectivity index (χ4v) is 5.75. The second kappa shape index (κ2) is 3.39. The van der Waals surface area contributed by atoms with Crippen LogP contribution in [-0.2, 0) is 0 Å². The normalized spacial score (nSPS) is 54.3. The minimum Gasteiger partial charge on any atom is -0.0996 e. The third kappa shape index (κ3) is 1.48. The van der Waals surface area contributed by atoms with Crippen molar-refractivity contribution in [2.45, 2.75) is 72.1 Å². The summed E-state index contributed by atoms with van der Waals surface area (Å²) in [5.74, 6) is 0.816. The summed E-state index contributed by atoms with van der Waals surface area (Å²) in [7, 11) is 0. The van der Waals surface area contributed by atoms with E-state index in [1.165, 1.54) is 51.4 Å². The van der Waals surface area contributed by atoms with Crippen molar-refractivity contribution in [3.8, 4) is 0 Å². The highest BCUT2D eigenvalue weighted by molar-refractivity contribution is 5.19.